The van der Waals surface area contributed by atoms with Crippen LogP contribution < -0.4 is 10.5 Å². The number of amides is 1. The topological polar surface area (TPSA) is 76.1 Å². The van der Waals surface area contributed by atoms with Gasteiger partial charge in [0, 0.05) is 0 Å². The van der Waals surface area contributed by atoms with Crippen molar-refractivity contribution in [1.29, 1.82) is 5.26 Å². The Bertz CT molecular complexity index is 463. The third-order valence-corrected chi connectivity index (χ3v) is 1.62. The molecular formula is C9H5F3N2O2. The molecule has 0 aliphatic carbocycles. The summed E-state index contributed by atoms with van der Waals surface area (Å²) in [5, 5.41) is 8.60. The number of hydrogen-bond donors (Lipinski definition) is 1. The molecule has 0 unspecified atom stereocenters. The van der Waals surface area contributed by atoms with E-state index in [9.17, 15) is 18.0 Å². The molecule has 84 valence electrons. The highest BCUT2D eigenvalue weighted by Gasteiger charge is 2.33. The third-order valence-electron chi connectivity index (χ3n) is 1.62. The van der Waals surface area contributed by atoms with Gasteiger partial charge in [-0.25, -0.2) is 0 Å². The number of primary amides is 1. The fourth-order valence-corrected chi connectivity index (χ4v) is 1.09. The largest absolute Gasteiger partial charge is 0.573 e. The van der Waals surface area contributed by atoms with Gasteiger partial charge in [0.05, 0.1) is 11.1 Å². The molecule has 0 spiro atoms. The van der Waals surface area contributed by atoms with E-state index in [0.717, 1.165) is 12.1 Å². The van der Waals surface area contributed by atoms with Gasteiger partial charge in [0.1, 0.15) is 11.8 Å². The van der Waals surface area contributed by atoms with Gasteiger partial charge in [0.25, 0.3) is 5.91 Å². The Morgan fingerprint density at radius 2 is 2.06 bits per heavy atom. The molecular weight excluding hydrogens is 225 g/mol. The molecule has 16 heavy (non-hydrogen) atoms. The average molecular weight is 230 g/mol. The number of halogens is 3. The summed E-state index contributed by atoms with van der Waals surface area (Å²) in [4.78, 5) is 10.9. The maximum atomic E-state index is 12.0. The summed E-state index contributed by atoms with van der Waals surface area (Å²) < 4.78 is 39.5. The van der Waals surface area contributed by atoms with E-state index in [1.807, 2.05) is 0 Å². The number of carbonyl (C=O) groups excluding carboxylic acids is 1. The molecule has 1 aromatic carbocycles. The number of alkyl halides is 3. The first-order valence-corrected chi connectivity index (χ1v) is 3.94. The number of nitriles is 1. The van der Waals surface area contributed by atoms with E-state index in [1.54, 1.807) is 6.07 Å². The van der Waals surface area contributed by atoms with Crippen molar-refractivity contribution in [3.8, 4) is 11.8 Å². The molecule has 1 amide bonds. The van der Waals surface area contributed by atoms with Crippen LogP contribution in [0.2, 0.25) is 0 Å². The second-order valence-electron chi connectivity index (χ2n) is 2.70. The zero-order valence-corrected chi connectivity index (χ0v) is 7.71. The first kappa shape index (κ1) is 11.8. The first-order chi connectivity index (χ1) is 7.35. The highest BCUT2D eigenvalue weighted by Crippen LogP contribution is 2.27. The Hall–Kier alpha value is -2.23. The van der Waals surface area contributed by atoms with Crippen molar-refractivity contribution in [3.63, 3.8) is 0 Å². The number of hydrogen-bond acceptors (Lipinski definition) is 3. The van der Waals surface area contributed by atoms with Gasteiger partial charge < -0.3 is 10.5 Å². The molecule has 1 rings (SSSR count). The quantitative estimate of drug-likeness (QED) is 0.837. The summed E-state index contributed by atoms with van der Waals surface area (Å²) in [7, 11) is 0. The van der Waals surface area contributed by atoms with Crippen LogP contribution in [0.25, 0.3) is 0 Å². The fourth-order valence-electron chi connectivity index (χ4n) is 1.09. The number of nitrogens with zero attached hydrogens (tertiary/aromatic N) is 1. The molecule has 0 saturated heterocycles. The van der Waals surface area contributed by atoms with Crippen molar-refractivity contribution in [3.05, 3.63) is 29.3 Å². The Kier molecular flexibility index (Phi) is 3.04. The maximum absolute atomic E-state index is 12.0. The summed E-state index contributed by atoms with van der Waals surface area (Å²) >= 11 is 0. The van der Waals surface area contributed by atoms with E-state index in [0.29, 0.717) is 0 Å². The van der Waals surface area contributed by atoms with Crippen LogP contribution in [0.4, 0.5) is 13.2 Å². The van der Waals surface area contributed by atoms with Crippen LogP contribution >= 0.6 is 0 Å². The second-order valence-corrected chi connectivity index (χ2v) is 2.70. The number of benzene rings is 1. The minimum atomic E-state index is -4.95. The molecule has 0 aliphatic heterocycles. The average Bonchev–Trinajstić information content (AvgIpc) is 2.14. The highest BCUT2D eigenvalue weighted by molar-refractivity contribution is 5.98. The Labute approximate surface area is 88.0 Å². The maximum Gasteiger partial charge on any atom is 0.573 e. The van der Waals surface area contributed by atoms with Gasteiger partial charge in [-0.3, -0.25) is 4.79 Å². The monoisotopic (exact) mass is 230 g/mol. The van der Waals surface area contributed by atoms with E-state index in [2.05, 4.69) is 4.74 Å². The SMILES string of the molecule is N#Cc1cccc(OC(F)(F)F)c1C(N)=O. The van der Waals surface area contributed by atoms with Crippen LogP contribution in [0.3, 0.4) is 0 Å². The normalized spacial score (nSPS) is 10.6. The summed E-state index contributed by atoms with van der Waals surface area (Å²) in [6.45, 7) is 0. The van der Waals surface area contributed by atoms with Gasteiger partial charge in [-0.15, -0.1) is 13.2 Å². The number of carbonyl (C=O) groups is 1. The van der Waals surface area contributed by atoms with Crippen molar-refractivity contribution in [2.75, 3.05) is 0 Å². The summed E-state index contributed by atoms with van der Waals surface area (Å²) in [5.74, 6) is -1.93. The lowest BCUT2D eigenvalue weighted by Gasteiger charge is -2.11. The van der Waals surface area contributed by atoms with Gasteiger partial charge in [-0.05, 0) is 12.1 Å². The van der Waals surface area contributed by atoms with Gasteiger partial charge in [-0.2, -0.15) is 5.26 Å². The van der Waals surface area contributed by atoms with E-state index in [1.165, 1.54) is 6.07 Å². The zero-order valence-electron chi connectivity index (χ0n) is 7.71. The molecule has 0 heterocycles. The summed E-state index contributed by atoms with van der Waals surface area (Å²) in [6, 6.07) is 4.79. The van der Waals surface area contributed by atoms with Crippen molar-refractivity contribution < 1.29 is 22.7 Å². The molecule has 4 nitrogen and oxygen atoms in total. The molecule has 7 heteroatoms. The molecule has 0 fully saturated rings. The first-order valence-electron chi connectivity index (χ1n) is 3.94. The molecule has 0 radical (unpaired) electrons. The number of nitrogens with two attached hydrogens (primary N) is 1. The predicted octanol–water partition coefficient (Wildman–Crippen LogP) is 1.56. The Morgan fingerprint density at radius 1 is 1.44 bits per heavy atom. The summed E-state index contributed by atoms with van der Waals surface area (Å²) in [6.07, 6.45) is -4.95. The lowest BCUT2D eigenvalue weighted by atomic mass is 10.1. The lowest BCUT2D eigenvalue weighted by Crippen LogP contribution is -2.21. The van der Waals surface area contributed by atoms with Crippen LogP contribution in [-0.4, -0.2) is 12.3 Å². The van der Waals surface area contributed by atoms with Crippen molar-refractivity contribution in [2.24, 2.45) is 5.73 Å². The lowest BCUT2D eigenvalue weighted by molar-refractivity contribution is -0.274. The van der Waals surface area contributed by atoms with Crippen LogP contribution in [0.1, 0.15) is 15.9 Å². The van der Waals surface area contributed by atoms with Gasteiger partial charge in [-0.1, -0.05) is 6.07 Å². The standard InChI is InChI=1S/C9H5F3N2O2/c10-9(11,12)16-6-3-1-2-5(4-13)7(6)8(14)15/h1-3H,(H2,14,15). The molecule has 0 bridgehead atoms. The molecule has 0 aromatic heterocycles. The number of rotatable bonds is 2. The molecule has 1 aromatic rings. The Balaban J connectivity index is 3.30. The minimum absolute atomic E-state index is 0.269. The van der Waals surface area contributed by atoms with E-state index >= 15 is 0 Å². The van der Waals surface area contributed by atoms with E-state index in [4.69, 9.17) is 11.0 Å². The second kappa shape index (κ2) is 4.10. The predicted molar refractivity (Wildman–Crippen MR) is 46.4 cm³/mol. The van der Waals surface area contributed by atoms with Crippen LogP contribution in [-0.2, 0) is 0 Å². The number of ether oxygens (including phenoxy) is 1. The smallest absolute Gasteiger partial charge is 0.405 e. The molecule has 0 saturated carbocycles. The van der Waals surface area contributed by atoms with Crippen LogP contribution in [0.5, 0.6) is 5.75 Å². The fraction of sp³-hybridized carbons (Fsp3) is 0.111. The zero-order chi connectivity index (χ0) is 12.3. The van der Waals surface area contributed by atoms with E-state index < -0.39 is 23.6 Å². The van der Waals surface area contributed by atoms with Gasteiger partial charge in [0.15, 0.2) is 0 Å². The van der Waals surface area contributed by atoms with E-state index in [-0.39, 0.29) is 5.56 Å². The van der Waals surface area contributed by atoms with Crippen LogP contribution in [0.15, 0.2) is 18.2 Å². The van der Waals surface area contributed by atoms with Crippen molar-refractivity contribution in [2.45, 2.75) is 6.36 Å². The van der Waals surface area contributed by atoms with Crippen LogP contribution in [0, 0.1) is 11.3 Å². The van der Waals surface area contributed by atoms with Gasteiger partial charge in [0.2, 0.25) is 0 Å². The Morgan fingerprint density at radius 3 is 2.50 bits per heavy atom. The molecule has 0 aliphatic rings. The highest BCUT2D eigenvalue weighted by atomic mass is 19.4. The third kappa shape index (κ3) is 2.63. The van der Waals surface area contributed by atoms with Crippen molar-refractivity contribution >= 4 is 5.91 Å². The molecule has 2 N–H and O–H groups in total. The molecule has 0 atom stereocenters. The van der Waals surface area contributed by atoms with Crippen molar-refractivity contribution in [1.82, 2.24) is 0 Å². The minimum Gasteiger partial charge on any atom is -0.405 e. The summed E-state index contributed by atoms with van der Waals surface area (Å²) in [5.41, 5.74) is 4.02. The van der Waals surface area contributed by atoms with Gasteiger partial charge >= 0.3 is 6.36 Å².